The molecule has 0 aliphatic rings. The lowest BCUT2D eigenvalue weighted by Crippen LogP contribution is -2.22. The Morgan fingerprint density at radius 2 is 1.73 bits per heavy atom. The number of carbonyl (C=O) groups excluding carboxylic acids is 1. The van der Waals surface area contributed by atoms with E-state index >= 15 is 0 Å². The third-order valence-corrected chi connectivity index (χ3v) is 5.84. The van der Waals surface area contributed by atoms with Crippen LogP contribution >= 0.6 is 23.4 Å². The highest BCUT2D eigenvalue weighted by molar-refractivity contribution is 7.99. The highest BCUT2D eigenvalue weighted by Gasteiger charge is 2.17. The van der Waals surface area contributed by atoms with Crippen LogP contribution in [0.5, 0.6) is 5.75 Å². The fraction of sp³-hybridized carbons (Fsp3) is 0.0870. The van der Waals surface area contributed by atoms with Gasteiger partial charge in [-0.05, 0) is 48.5 Å². The number of benzene rings is 3. The molecule has 0 unspecified atom stereocenters. The molecular formula is C23H17ClN2O3S. The number of rotatable bonds is 6. The summed E-state index contributed by atoms with van der Waals surface area (Å²) in [4.78, 5) is 30.6. The summed E-state index contributed by atoms with van der Waals surface area (Å²) >= 11 is 7.57. The van der Waals surface area contributed by atoms with E-state index < -0.39 is 0 Å². The standard InChI is InChI=1S/C23H17ClN2O3S/c1-29-16-12-10-15(11-13-16)21(27)14-30-23-25-19-8-4-2-6-17(19)22(28)26(23)20-9-5-3-7-18(20)24/h2-13H,14H2,1H3. The molecule has 0 amide bonds. The predicted molar refractivity (Wildman–Crippen MR) is 120 cm³/mol. The SMILES string of the molecule is COc1ccc(C(=O)CSc2nc3ccccc3c(=O)n2-c2ccccc2Cl)cc1. The van der Waals surface area contributed by atoms with Gasteiger partial charge in [-0.2, -0.15) is 0 Å². The summed E-state index contributed by atoms with van der Waals surface area (Å²) in [6.07, 6.45) is 0. The third kappa shape index (κ3) is 3.97. The number of Topliss-reactive ketones (excluding diaryl/α,β-unsaturated/α-hetero) is 1. The van der Waals surface area contributed by atoms with Crippen LogP contribution in [0.4, 0.5) is 0 Å². The summed E-state index contributed by atoms with van der Waals surface area (Å²) in [6, 6.07) is 21.1. The van der Waals surface area contributed by atoms with Gasteiger partial charge in [-0.15, -0.1) is 0 Å². The first-order valence-electron chi connectivity index (χ1n) is 9.15. The van der Waals surface area contributed by atoms with E-state index in [2.05, 4.69) is 4.98 Å². The maximum absolute atomic E-state index is 13.2. The molecule has 0 saturated carbocycles. The van der Waals surface area contributed by atoms with E-state index in [0.717, 1.165) is 0 Å². The number of hydrogen-bond donors (Lipinski definition) is 0. The molecule has 30 heavy (non-hydrogen) atoms. The number of aromatic nitrogens is 2. The number of thioether (sulfide) groups is 1. The topological polar surface area (TPSA) is 61.2 Å². The van der Waals surface area contributed by atoms with Crippen molar-refractivity contribution in [2.75, 3.05) is 12.9 Å². The number of carbonyl (C=O) groups is 1. The Balaban J connectivity index is 1.74. The molecule has 0 N–H and O–H groups in total. The van der Waals surface area contributed by atoms with Crippen LogP contribution in [0.25, 0.3) is 16.6 Å². The molecular weight excluding hydrogens is 420 g/mol. The fourth-order valence-electron chi connectivity index (χ4n) is 3.05. The van der Waals surface area contributed by atoms with Crippen molar-refractivity contribution in [3.05, 3.63) is 93.7 Å². The van der Waals surface area contributed by atoms with E-state index in [1.54, 1.807) is 73.8 Å². The van der Waals surface area contributed by atoms with Crippen molar-refractivity contribution >= 4 is 40.0 Å². The molecule has 5 nitrogen and oxygen atoms in total. The zero-order chi connectivity index (χ0) is 21.1. The van der Waals surface area contributed by atoms with Crippen molar-refractivity contribution in [1.29, 1.82) is 0 Å². The first-order valence-corrected chi connectivity index (χ1v) is 10.5. The molecule has 0 aliphatic carbocycles. The predicted octanol–water partition coefficient (Wildman–Crippen LogP) is 5.02. The molecule has 0 aliphatic heterocycles. The minimum Gasteiger partial charge on any atom is -0.497 e. The van der Waals surface area contributed by atoms with Gasteiger partial charge in [0.2, 0.25) is 0 Å². The Kier molecular flexibility index (Phi) is 5.88. The van der Waals surface area contributed by atoms with Crippen LogP contribution in [0.2, 0.25) is 5.02 Å². The van der Waals surface area contributed by atoms with Gasteiger partial charge in [-0.25, -0.2) is 4.98 Å². The van der Waals surface area contributed by atoms with Crippen LogP contribution in [-0.4, -0.2) is 28.2 Å². The molecule has 0 saturated heterocycles. The smallest absolute Gasteiger partial charge is 0.266 e. The maximum Gasteiger partial charge on any atom is 0.266 e. The molecule has 3 aromatic carbocycles. The number of para-hydroxylation sites is 2. The molecule has 150 valence electrons. The van der Waals surface area contributed by atoms with E-state index in [0.29, 0.717) is 38.1 Å². The summed E-state index contributed by atoms with van der Waals surface area (Å²) < 4.78 is 6.60. The van der Waals surface area contributed by atoms with E-state index in [1.807, 2.05) is 6.07 Å². The molecule has 1 heterocycles. The van der Waals surface area contributed by atoms with Gasteiger partial charge in [0, 0.05) is 5.56 Å². The van der Waals surface area contributed by atoms with Gasteiger partial charge in [0.05, 0.1) is 34.5 Å². The Morgan fingerprint density at radius 3 is 2.47 bits per heavy atom. The molecule has 4 aromatic rings. The van der Waals surface area contributed by atoms with E-state index in [4.69, 9.17) is 16.3 Å². The average molecular weight is 437 g/mol. The Hall–Kier alpha value is -3.09. The van der Waals surface area contributed by atoms with Gasteiger partial charge in [-0.1, -0.05) is 47.6 Å². The van der Waals surface area contributed by atoms with Crippen LogP contribution in [0.1, 0.15) is 10.4 Å². The minimum absolute atomic E-state index is 0.0734. The van der Waals surface area contributed by atoms with Crippen LogP contribution in [0.15, 0.2) is 82.7 Å². The van der Waals surface area contributed by atoms with Crippen LogP contribution < -0.4 is 10.3 Å². The van der Waals surface area contributed by atoms with Crippen LogP contribution in [0, 0.1) is 0 Å². The normalized spacial score (nSPS) is 10.9. The van der Waals surface area contributed by atoms with Crippen LogP contribution in [0.3, 0.4) is 0 Å². The van der Waals surface area contributed by atoms with Gasteiger partial charge in [-0.3, -0.25) is 14.2 Å². The van der Waals surface area contributed by atoms with Crippen molar-refractivity contribution in [1.82, 2.24) is 9.55 Å². The lowest BCUT2D eigenvalue weighted by molar-refractivity contribution is 0.102. The van der Waals surface area contributed by atoms with Gasteiger partial charge in [0.1, 0.15) is 5.75 Å². The Morgan fingerprint density at radius 1 is 1.03 bits per heavy atom. The van der Waals surface area contributed by atoms with Crippen molar-refractivity contribution in [2.45, 2.75) is 5.16 Å². The number of halogens is 1. The minimum atomic E-state index is -0.229. The number of hydrogen-bond acceptors (Lipinski definition) is 5. The quantitative estimate of drug-likeness (QED) is 0.241. The second-order valence-corrected chi connectivity index (χ2v) is 7.79. The Labute approximate surface area is 182 Å². The highest BCUT2D eigenvalue weighted by atomic mass is 35.5. The molecule has 7 heteroatoms. The summed E-state index contributed by atoms with van der Waals surface area (Å²) in [5.74, 6) is 0.736. The lowest BCUT2D eigenvalue weighted by atomic mass is 10.1. The zero-order valence-electron chi connectivity index (χ0n) is 16.0. The second-order valence-electron chi connectivity index (χ2n) is 6.44. The fourth-order valence-corrected chi connectivity index (χ4v) is 4.17. The van der Waals surface area contributed by atoms with Gasteiger partial charge < -0.3 is 4.74 Å². The first-order chi connectivity index (χ1) is 14.6. The largest absolute Gasteiger partial charge is 0.497 e. The summed E-state index contributed by atoms with van der Waals surface area (Å²) in [5.41, 5.74) is 1.44. The number of ketones is 1. The van der Waals surface area contributed by atoms with Crippen LogP contribution in [-0.2, 0) is 0 Å². The monoisotopic (exact) mass is 436 g/mol. The summed E-state index contributed by atoms with van der Waals surface area (Å²) in [6.45, 7) is 0. The average Bonchev–Trinajstić information content (AvgIpc) is 2.78. The number of nitrogens with zero attached hydrogens (tertiary/aromatic N) is 2. The number of methoxy groups -OCH3 is 1. The molecule has 0 atom stereocenters. The number of fused-ring (bicyclic) bond motifs is 1. The lowest BCUT2D eigenvalue weighted by Gasteiger charge is -2.14. The highest BCUT2D eigenvalue weighted by Crippen LogP contribution is 2.26. The van der Waals surface area contributed by atoms with Crippen molar-refractivity contribution < 1.29 is 9.53 Å². The zero-order valence-corrected chi connectivity index (χ0v) is 17.6. The molecule has 1 aromatic heterocycles. The Bertz CT molecular complexity index is 1290. The second kappa shape index (κ2) is 8.73. The van der Waals surface area contributed by atoms with Gasteiger partial charge in [0.15, 0.2) is 10.9 Å². The van der Waals surface area contributed by atoms with Gasteiger partial charge >= 0.3 is 0 Å². The van der Waals surface area contributed by atoms with E-state index in [1.165, 1.54) is 16.3 Å². The maximum atomic E-state index is 13.2. The molecule has 0 bridgehead atoms. The summed E-state index contributed by atoms with van der Waals surface area (Å²) in [5, 5.41) is 1.33. The molecule has 4 rings (SSSR count). The van der Waals surface area contributed by atoms with Crippen molar-refractivity contribution in [3.63, 3.8) is 0 Å². The molecule has 0 fully saturated rings. The molecule has 0 radical (unpaired) electrons. The van der Waals surface area contributed by atoms with Crippen molar-refractivity contribution in [2.24, 2.45) is 0 Å². The van der Waals surface area contributed by atoms with Gasteiger partial charge in [0.25, 0.3) is 5.56 Å². The summed E-state index contributed by atoms with van der Waals surface area (Å²) in [7, 11) is 1.58. The van der Waals surface area contributed by atoms with E-state index in [9.17, 15) is 9.59 Å². The number of ether oxygens (including phenoxy) is 1. The molecule has 0 spiro atoms. The third-order valence-electron chi connectivity index (χ3n) is 4.58. The van der Waals surface area contributed by atoms with Crippen molar-refractivity contribution in [3.8, 4) is 11.4 Å². The first kappa shape index (κ1) is 20.2. The van der Waals surface area contributed by atoms with E-state index in [-0.39, 0.29) is 17.1 Å².